The minimum atomic E-state index is -0.795. The molecule has 0 fully saturated rings. The maximum absolute atomic E-state index is 12.2. The molecule has 21 heavy (non-hydrogen) atoms. The molecule has 0 saturated carbocycles. The summed E-state index contributed by atoms with van der Waals surface area (Å²) in [4.78, 5) is 24.5. The first-order valence-electron chi connectivity index (χ1n) is 7.30. The van der Waals surface area contributed by atoms with Crippen molar-refractivity contribution in [1.29, 1.82) is 0 Å². The van der Waals surface area contributed by atoms with Crippen LogP contribution in [0.5, 0.6) is 0 Å². The van der Waals surface area contributed by atoms with Crippen molar-refractivity contribution in [2.24, 2.45) is 5.92 Å². The molecule has 0 aliphatic heterocycles. The zero-order valence-corrected chi connectivity index (χ0v) is 12.9. The molecule has 0 saturated heterocycles. The van der Waals surface area contributed by atoms with E-state index in [1.54, 1.807) is 11.8 Å². The van der Waals surface area contributed by atoms with Gasteiger partial charge in [0.1, 0.15) is 0 Å². The Kier molecular flexibility index (Phi) is 6.72. The van der Waals surface area contributed by atoms with E-state index in [2.05, 4.69) is 5.32 Å². The maximum Gasteiger partial charge on any atom is 0.321 e. The third-order valence-electron chi connectivity index (χ3n) is 3.39. The van der Waals surface area contributed by atoms with E-state index >= 15 is 0 Å². The van der Waals surface area contributed by atoms with E-state index in [0.717, 1.165) is 11.3 Å². The lowest BCUT2D eigenvalue weighted by Crippen LogP contribution is -2.40. The molecule has 1 aromatic carbocycles. The molecule has 0 aliphatic rings. The normalized spacial score (nSPS) is 11.8. The lowest BCUT2D eigenvalue weighted by Gasteiger charge is -2.22. The van der Waals surface area contributed by atoms with Crippen LogP contribution in [0.2, 0.25) is 0 Å². The summed E-state index contributed by atoms with van der Waals surface area (Å²) in [6, 6.07) is 7.64. The minimum absolute atomic E-state index is 0.147. The number of amides is 2. The van der Waals surface area contributed by atoms with Gasteiger partial charge in [0.05, 0.1) is 5.92 Å². The Morgan fingerprint density at radius 2 is 2.10 bits per heavy atom. The second-order valence-electron chi connectivity index (χ2n) is 5.20. The van der Waals surface area contributed by atoms with E-state index in [1.807, 2.05) is 38.1 Å². The number of anilines is 1. The Morgan fingerprint density at radius 3 is 2.67 bits per heavy atom. The Morgan fingerprint density at radius 1 is 1.38 bits per heavy atom. The Balaban J connectivity index is 2.47. The molecule has 1 aromatic rings. The van der Waals surface area contributed by atoms with Crippen molar-refractivity contribution in [3.63, 3.8) is 0 Å². The number of urea groups is 1. The fourth-order valence-electron chi connectivity index (χ4n) is 2.06. The van der Waals surface area contributed by atoms with Crippen molar-refractivity contribution in [3.05, 3.63) is 29.8 Å². The van der Waals surface area contributed by atoms with Gasteiger partial charge < -0.3 is 10.4 Å². The van der Waals surface area contributed by atoms with E-state index < -0.39 is 5.97 Å². The number of nitrogens with zero attached hydrogens (tertiary/aromatic N) is 1. The zero-order valence-electron chi connectivity index (χ0n) is 12.9. The van der Waals surface area contributed by atoms with Crippen LogP contribution < -0.4 is 10.2 Å². The fourth-order valence-corrected chi connectivity index (χ4v) is 2.06. The van der Waals surface area contributed by atoms with Crippen LogP contribution in [0.25, 0.3) is 0 Å². The highest BCUT2D eigenvalue weighted by atomic mass is 16.4. The van der Waals surface area contributed by atoms with Gasteiger partial charge in [-0.25, -0.2) is 4.79 Å². The maximum atomic E-state index is 12.2. The van der Waals surface area contributed by atoms with Gasteiger partial charge in [-0.2, -0.15) is 0 Å². The van der Waals surface area contributed by atoms with Crippen LogP contribution in [0.4, 0.5) is 10.5 Å². The van der Waals surface area contributed by atoms with Crippen LogP contribution in [0.1, 0.15) is 32.3 Å². The number of benzene rings is 1. The number of carbonyl (C=O) groups excluding carboxylic acids is 1. The Bertz CT molecular complexity index is 488. The summed E-state index contributed by atoms with van der Waals surface area (Å²) in [6.45, 7) is 6.66. The summed E-state index contributed by atoms with van der Waals surface area (Å²) in [7, 11) is 0. The number of carboxylic acid groups (broad SMARTS) is 1. The molecule has 5 nitrogen and oxygen atoms in total. The Hall–Kier alpha value is -2.04. The number of hydrogen-bond acceptors (Lipinski definition) is 2. The summed E-state index contributed by atoms with van der Waals surface area (Å²) in [5.74, 6) is -1.17. The van der Waals surface area contributed by atoms with Gasteiger partial charge in [0.2, 0.25) is 0 Å². The number of rotatable bonds is 7. The van der Waals surface area contributed by atoms with Gasteiger partial charge in [-0.05, 0) is 44.4 Å². The first-order chi connectivity index (χ1) is 9.95. The van der Waals surface area contributed by atoms with Crippen molar-refractivity contribution in [1.82, 2.24) is 5.32 Å². The highest BCUT2D eigenvalue weighted by molar-refractivity contribution is 5.91. The molecule has 1 unspecified atom stereocenters. The lowest BCUT2D eigenvalue weighted by molar-refractivity contribution is -0.141. The van der Waals surface area contributed by atoms with Crippen molar-refractivity contribution in [2.45, 2.75) is 33.6 Å². The molecule has 0 spiro atoms. The molecule has 5 heteroatoms. The molecule has 0 aromatic heterocycles. The molecule has 2 N–H and O–H groups in total. The fraction of sp³-hybridized carbons (Fsp3) is 0.500. The predicted octanol–water partition coefficient (Wildman–Crippen LogP) is 3.03. The van der Waals surface area contributed by atoms with E-state index in [-0.39, 0.29) is 11.9 Å². The first kappa shape index (κ1) is 17.0. The topological polar surface area (TPSA) is 69.6 Å². The van der Waals surface area contributed by atoms with Crippen molar-refractivity contribution < 1.29 is 14.7 Å². The quantitative estimate of drug-likeness (QED) is 0.759. The van der Waals surface area contributed by atoms with Crippen LogP contribution in [0.15, 0.2) is 24.3 Å². The predicted molar refractivity (Wildman–Crippen MR) is 83.6 cm³/mol. The van der Waals surface area contributed by atoms with Gasteiger partial charge in [0, 0.05) is 18.8 Å². The summed E-state index contributed by atoms with van der Waals surface area (Å²) in [5, 5.41) is 11.6. The monoisotopic (exact) mass is 292 g/mol. The second kappa shape index (κ2) is 8.29. The Labute approximate surface area is 126 Å². The molecule has 116 valence electrons. The summed E-state index contributed by atoms with van der Waals surface area (Å²) in [5.41, 5.74) is 1.97. The number of nitrogens with one attached hydrogen (secondary N) is 1. The number of carbonyl (C=O) groups is 2. The smallest absolute Gasteiger partial charge is 0.321 e. The molecule has 0 heterocycles. The zero-order chi connectivity index (χ0) is 15.8. The average Bonchev–Trinajstić information content (AvgIpc) is 2.44. The van der Waals surface area contributed by atoms with Gasteiger partial charge in [0.25, 0.3) is 0 Å². The molecule has 1 rings (SSSR count). The third kappa shape index (κ3) is 5.45. The second-order valence-corrected chi connectivity index (χ2v) is 5.20. The van der Waals surface area contributed by atoms with Gasteiger partial charge in [-0.1, -0.05) is 19.1 Å². The number of aliphatic carboxylic acids is 1. The number of aryl methyl sites for hydroxylation is 1. The molecule has 0 radical (unpaired) electrons. The number of carboxylic acids is 1. The molecular formula is C16H24N2O3. The van der Waals surface area contributed by atoms with E-state index in [1.165, 1.54) is 0 Å². The standard InChI is InChI=1S/C16H24N2O3/c1-4-18(14-9-5-7-12(2)11-14)16(21)17-10-6-8-13(3)15(19)20/h5,7,9,11,13H,4,6,8,10H2,1-3H3,(H,17,21)(H,19,20). The van der Waals surface area contributed by atoms with Gasteiger partial charge >= 0.3 is 12.0 Å². The van der Waals surface area contributed by atoms with Crippen LogP contribution in [0, 0.1) is 12.8 Å². The van der Waals surface area contributed by atoms with Crippen molar-refractivity contribution in [2.75, 3.05) is 18.0 Å². The van der Waals surface area contributed by atoms with Crippen LogP contribution in [0.3, 0.4) is 0 Å². The van der Waals surface area contributed by atoms with Gasteiger partial charge in [-0.3, -0.25) is 9.69 Å². The van der Waals surface area contributed by atoms with Crippen molar-refractivity contribution >= 4 is 17.7 Å². The first-order valence-corrected chi connectivity index (χ1v) is 7.30. The van der Waals surface area contributed by atoms with Crippen LogP contribution in [-0.4, -0.2) is 30.2 Å². The summed E-state index contributed by atoms with van der Waals surface area (Å²) < 4.78 is 0. The minimum Gasteiger partial charge on any atom is -0.481 e. The highest BCUT2D eigenvalue weighted by Gasteiger charge is 2.14. The number of hydrogen-bond donors (Lipinski definition) is 2. The van der Waals surface area contributed by atoms with Crippen molar-refractivity contribution in [3.8, 4) is 0 Å². The van der Waals surface area contributed by atoms with Crippen LogP contribution in [-0.2, 0) is 4.79 Å². The summed E-state index contributed by atoms with van der Waals surface area (Å²) in [6.07, 6.45) is 1.22. The SMILES string of the molecule is CCN(C(=O)NCCCC(C)C(=O)O)c1cccc(C)c1. The average molecular weight is 292 g/mol. The van der Waals surface area contributed by atoms with E-state index in [0.29, 0.717) is 25.9 Å². The van der Waals surface area contributed by atoms with E-state index in [4.69, 9.17) is 5.11 Å². The van der Waals surface area contributed by atoms with Crippen LogP contribution >= 0.6 is 0 Å². The molecule has 1 atom stereocenters. The van der Waals surface area contributed by atoms with E-state index in [9.17, 15) is 9.59 Å². The molecule has 0 bridgehead atoms. The highest BCUT2D eigenvalue weighted by Crippen LogP contribution is 2.15. The molecule has 0 aliphatic carbocycles. The molecule has 2 amide bonds. The van der Waals surface area contributed by atoms with Gasteiger partial charge in [-0.15, -0.1) is 0 Å². The lowest BCUT2D eigenvalue weighted by atomic mass is 10.1. The third-order valence-corrected chi connectivity index (χ3v) is 3.39. The largest absolute Gasteiger partial charge is 0.481 e. The molecular weight excluding hydrogens is 268 g/mol. The summed E-state index contributed by atoms with van der Waals surface area (Å²) >= 11 is 0. The van der Waals surface area contributed by atoms with Gasteiger partial charge in [0.15, 0.2) is 0 Å².